The fourth-order valence-corrected chi connectivity index (χ4v) is 2.16. The quantitative estimate of drug-likeness (QED) is 0.717. The fraction of sp³-hybridized carbons (Fsp3) is 0.308. The van der Waals surface area contributed by atoms with Crippen LogP contribution in [0, 0.1) is 6.92 Å². The maximum Gasteiger partial charge on any atom is 0.163 e. The monoisotopic (exact) mass is 257 g/mol. The zero-order valence-electron chi connectivity index (χ0n) is 11.2. The van der Waals surface area contributed by atoms with E-state index in [2.05, 4.69) is 20.0 Å². The van der Waals surface area contributed by atoms with Gasteiger partial charge in [-0.3, -0.25) is 4.68 Å². The van der Waals surface area contributed by atoms with Gasteiger partial charge in [-0.2, -0.15) is 5.10 Å². The maximum atomic E-state index is 5.32. The Labute approximate surface area is 110 Å². The lowest BCUT2D eigenvalue weighted by Gasteiger charge is -2.18. The molecule has 0 radical (unpaired) electrons. The molecule has 0 aliphatic heterocycles. The molecule has 3 aromatic rings. The predicted molar refractivity (Wildman–Crippen MR) is 71.9 cm³/mol. The van der Waals surface area contributed by atoms with Crippen molar-refractivity contribution in [3.63, 3.8) is 0 Å². The molecule has 0 bridgehead atoms. The van der Waals surface area contributed by atoms with Crippen LogP contribution in [0.5, 0.6) is 0 Å². The SMILES string of the molecule is Cc1occc1CN(C)c1ncnc2c1cnn2C. The molecule has 6 nitrogen and oxygen atoms in total. The first kappa shape index (κ1) is 11.7. The van der Waals surface area contributed by atoms with Crippen LogP contribution in [0.15, 0.2) is 29.3 Å². The molecular weight excluding hydrogens is 242 g/mol. The fourth-order valence-electron chi connectivity index (χ4n) is 2.16. The Morgan fingerprint density at radius 3 is 2.95 bits per heavy atom. The van der Waals surface area contributed by atoms with Crippen molar-refractivity contribution < 1.29 is 4.42 Å². The van der Waals surface area contributed by atoms with Crippen LogP contribution in [0.25, 0.3) is 11.0 Å². The van der Waals surface area contributed by atoms with E-state index in [1.165, 1.54) is 0 Å². The van der Waals surface area contributed by atoms with Gasteiger partial charge in [0.05, 0.1) is 17.8 Å². The standard InChI is InChI=1S/C13H15N5O/c1-9-10(4-5-19-9)7-17(2)12-11-6-16-18(3)13(11)15-8-14-12/h4-6,8H,7H2,1-3H3. The summed E-state index contributed by atoms with van der Waals surface area (Å²) < 4.78 is 7.06. The van der Waals surface area contributed by atoms with Crippen LogP contribution < -0.4 is 4.90 Å². The minimum atomic E-state index is 0.739. The van der Waals surface area contributed by atoms with E-state index < -0.39 is 0 Å². The molecule has 3 heterocycles. The first-order chi connectivity index (χ1) is 9.16. The largest absolute Gasteiger partial charge is 0.469 e. The van der Waals surface area contributed by atoms with E-state index in [4.69, 9.17) is 4.42 Å². The number of anilines is 1. The zero-order valence-corrected chi connectivity index (χ0v) is 11.2. The third-order valence-corrected chi connectivity index (χ3v) is 3.24. The number of aromatic nitrogens is 4. The second kappa shape index (κ2) is 4.38. The summed E-state index contributed by atoms with van der Waals surface area (Å²) in [4.78, 5) is 10.7. The Morgan fingerprint density at radius 1 is 1.37 bits per heavy atom. The number of rotatable bonds is 3. The molecule has 0 atom stereocenters. The minimum Gasteiger partial charge on any atom is -0.469 e. The van der Waals surface area contributed by atoms with Crippen LogP contribution in [0.3, 0.4) is 0 Å². The lowest BCUT2D eigenvalue weighted by atomic mass is 10.2. The lowest BCUT2D eigenvalue weighted by Crippen LogP contribution is -2.18. The molecule has 0 N–H and O–H groups in total. The first-order valence-corrected chi connectivity index (χ1v) is 6.03. The summed E-state index contributed by atoms with van der Waals surface area (Å²) >= 11 is 0. The number of furan rings is 1. The second-order valence-electron chi connectivity index (χ2n) is 4.56. The van der Waals surface area contributed by atoms with Gasteiger partial charge in [0, 0.05) is 26.2 Å². The van der Waals surface area contributed by atoms with Crippen molar-refractivity contribution in [2.75, 3.05) is 11.9 Å². The van der Waals surface area contributed by atoms with Crippen molar-refractivity contribution in [2.45, 2.75) is 13.5 Å². The van der Waals surface area contributed by atoms with E-state index >= 15 is 0 Å². The molecule has 0 amide bonds. The highest BCUT2D eigenvalue weighted by atomic mass is 16.3. The third-order valence-electron chi connectivity index (χ3n) is 3.24. The Hall–Kier alpha value is -2.37. The molecule has 0 fully saturated rings. The molecule has 19 heavy (non-hydrogen) atoms. The van der Waals surface area contributed by atoms with E-state index in [0.717, 1.165) is 34.7 Å². The number of nitrogens with zero attached hydrogens (tertiary/aromatic N) is 5. The van der Waals surface area contributed by atoms with Crippen LogP contribution in [0.2, 0.25) is 0 Å². The smallest absolute Gasteiger partial charge is 0.163 e. The van der Waals surface area contributed by atoms with Gasteiger partial charge >= 0.3 is 0 Å². The number of aryl methyl sites for hydroxylation is 2. The average molecular weight is 257 g/mol. The van der Waals surface area contributed by atoms with Gasteiger partial charge in [0.15, 0.2) is 5.65 Å². The van der Waals surface area contributed by atoms with Crippen molar-refractivity contribution >= 4 is 16.9 Å². The van der Waals surface area contributed by atoms with Crippen LogP contribution in [-0.4, -0.2) is 26.8 Å². The van der Waals surface area contributed by atoms with Crippen LogP contribution in [0.4, 0.5) is 5.82 Å². The normalized spacial score (nSPS) is 11.1. The van der Waals surface area contributed by atoms with E-state index in [9.17, 15) is 0 Å². The molecule has 0 aromatic carbocycles. The van der Waals surface area contributed by atoms with Crippen molar-refractivity contribution in [2.24, 2.45) is 7.05 Å². The molecular formula is C13H15N5O. The van der Waals surface area contributed by atoms with Crippen LogP contribution >= 0.6 is 0 Å². The minimum absolute atomic E-state index is 0.739. The first-order valence-electron chi connectivity index (χ1n) is 6.03. The summed E-state index contributed by atoms with van der Waals surface area (Å²) in [7, 11) is 3.88. The number of hydrogen-bond acceptors (Lipinski definition) is 5. The van der Waals surface area contributed by atoms with Crippen LogP contribution in [0.1, 0.15) is 11.3 Å². The molecule has 0 saturated heterocycles. The van der Waals surface area contributed by atoms with Gasteiger partial charge in [0.25, 0.3) is 0 Å². The van der Waals surface area contributed by atoms with Gasteiger partial charge in [0.2, 0.25) is 0 Å². The Bertz CT molecular complexity index is 715. The van der Waals surface area contributed by atoms with E-state index in [0.29, 0.717) is 0 Å². The molecule has 3 rings (SSSR count). The third kappa shape index (κ3) is 1.95. The van der Waals surface area contributed by atoms with Gasteiger partial charge in [0.1, 0.15) is 17.9 Å². The van der Waals surface area contributed by atoms with Gasteiger partial charge in [-0.05, 0) is 13.0 Å². The molecule has 0 saturated carbocycles. The summed E-state index contributed by atoms with van der Waals surface area (Å²) in [6, 6.07) is 1.98. The number of fused-ring (bicyclic) bond motifs is 1. The molecule has 3 aromatic heterocycles. The summed E-state index contributed by atoms with van der Waals surface area (Å²) in [5.41, 5.74) is 1.99. The van der Waals surface area contributed by atoms with E-state index in [1.807, 2.05) is 27.1 Å². The maximum absolute atomic E-state index is 5.32. The van der Waals surface area contributed by atoms with Gasteiger partial charge < -0.3 is 9.32 Å². The summed E-state index contributed by atoms with van der Waals surface area (Å²) in [5, 5.41) is 5.17. The van der Waals surface area contributed by atoms with E-state index in [1.54, 1.807) is 23.5 Å². The lowest BCUT2D eigenvalue weighted by molar-refractivity contribution is 0.529. The van der Waals surface area contributed by atoms with Gasteiger partial charge in [-0.1, -0.05) is 0 Å². The second-order valence-corrected chi connectivity index (χ2v) is 4.56. The van der Waals surface area contributed by atoms with Crippen molar-refractivity contribution in [1.82, 2.24) is 19.7 Å². The zero-order chi connectivity index (χ0) is 13.4. The van der Waals surface area contributed by atoms with Crippen molar-refractivity contribution in [1.29, 1.82) is 0 Å². The average Bonchev–Trinajstić information content (AvgIpc) is 2.97. The highest BCUT2D eigenvalue weighted by Crippen LogP contribution is 2.23. The number of hydrogen-bond donors (Lipinski definition) is 0. The van der Waals surface area contributed by atoms with Crippen molar-refractivity contribution in [3.8, 4) is 0 Å². The molecule has 0 aliphatic rings. The Morgan fingerprint density at radius 2 is 2.21 bits per heavy atom. The van der Waals surface area contributed by atoms with E-state index in [-0.39, 0.29) is 0 Å². The summed E-state index contributed by atoms with van der Waals surface area (Å²) in [5.74, 6) is 1.81. The van der Waals surface area contributed by atoms with Gasteiger partial charge in [-0.25, -0.2) is 9.97 Å². The van der Waals surface area contributed by atoms with Crippen molar-refractivity contribution in [3.05, 3.63) is 36.2 Å². The highest BCUT2D eigenvalue weighted by Gasteiger charge is 2.13. The topological polar surface area (TPSA) is 60.0 Å². The molecule has 0 aliphatic carbocycles. The highest BCUT2D eigenvalue weighted by molar-refractivity contribution is 5.86. The Kier molecular flexibility index (Phi) is 2.70. The molecule has 98 valence electrons. The predicted octanol–water partition coefficient (Wildman–Crippen LogP) is 1.90. The van der Waals surface area contributed by atoms with Crippen LogP contribution in [-0.2, 0) is 13.6 Å². The summed E-state index contributed by atoms with van der Waals surface area (Å²) in [6.45, 7) is 2.70. The summed E-state index contributed by atoms with van der Waals surface area (Å²) in [6.07, 6.45) is 5.07. The molecule has 0 unspecified atom stereocenters. The molecule has 0 spiro atoms. The van der Waals surface area contributed by atoms with Gasteiger partial charge in [-0.15, -0.1) is 0 Å². The Balaban J connectivity index is 1.98. The molecule has 6 heteroatoms.